The topological polar surface area (TPSA) is 50.1 Å². The number of hydrogen-bond acceptors (Lipinski definition) is 6. The predicted molar refractivity (Wildman–Crippen MR) is 127 cm³/mol. The van der Waals surface area contributed by atoms with Gasteiger partial charge in [-0.05, 0) is 44.7 Å². The number of piperazine rings is 1. The van der Waals surface area contributed by atoms with Gasteiger partial charge in [0.25, 0.3) is 0 Å². The summed E-state index contributed by atoms with van der Waals surface area (Å²) < 4.78 is 2.23. The van der Waals surface area contributed by atoms with Crippen LogP contribution in [0, 0.1) is 0 Å². The molecule has 0 unspecified atom stereocenters. The van der Waals surface area contributed by atoms with Crippen LogP contribution in [-0.4, -0.2) is 63.1 Å². The third-order valence-electron chi connectivity index (χ3n) is 6.49. The molecule has 0 bridgehead atoms. The van der Waals surface area contributed by atoms with Crippen molar-refractivity contribution >= 4 is 17.6 Å². The Morgan fingerprint density at radius 3 is 2.48 bits per heavy atom. The van der Waals surface area contributed by atoms with Gasteiger partial charge in [0.15, 0.2) is 0 Å². The Balaban J connectivity index is 1.11. The summed E-state index contributed by atoms with van der Waals surface area (Å²) in [6.07, 6.45) is 8.35. The molecule has 0 amide bonds. The average molecular weight is 441 g/mol. The number of thioether (sulfide) groups is 1. The Bertz CT molecular complexity index is 888. The van der Waals surface area contributed by atoms with Crippen molar-refractivity contribution < 1.29 is 0 Å². The van der Waals surface area contributed by atoms with E-state index >= 15 is 0 Å². The largest absolute Gasteiger partial charge is 0.354 e. The van der Waals surface area contributed by atoms with Gasteiger partial charge in [-0.3, -0.25) is 9.58 Å². The monoisotopic (exact) mass is 440 g/mol. The molecule has 3 fully saturated rings. The van der Waals surface area contributed by atoms with Crippen molar-refractivity contribution in [2.75, 3.05) is 43.4 Å². The van der Waals surface area contributed by atoms with Gasteiger partial charge in [0.2, 0.25) is 0 Å². The van der Waals surface area contributed by atoms with Crippen LogP contribution < -0.4 is 4.90 Å². The summed E-state index contributed by atoms with van der Waals surface area (Å²) in [5.74, 6) is 3.98. The minimum atomic E-state index is -0.00593. The first-order valence-corrected chi connectivity index (χ1v) is 13.0. The number of hydrogen-bond donors (Lipinski definition) is 0. The van der Waals surface area contributed by atoms with Crippen molar-refractivity contribution in [3.05, 3.63) is 29.8 Å². The fraction of sp³-hybridized carbons (Fsp3) is 0.708. The summed E-state index contributed by atoms with van der Waals surface area (Å²) in [6.45, 7) is 12.2. The van der Waals surface area contributed by atoms with Crippen LogP contribution >= 0.6 is 11.8 Å². The van der Waals surface area contributed by atoms with E-state index in [1.54, 1.807) is 0 Å². The highest BCUT2D eigenvalue weighted by atomic mass is 32.2. The maximum atomic E-state index is 4.98. The molecule has 0 N–H and O–H groups in total. The zero-order chi connectivity index (χ0) is 21.4. The SMILES string of the molecule is CC(C)(C)c1nc(C2CC2)cc(N2CCN(CCCSc3ccnn3C3CC3)CC2)n1. The fourth-order valence-electron chi connectivity index (χ4n) is 4.21. The molecule has 3 aliphatic rings. The number of aromatic nitrogens is 4. The lowest BCUT2D eigenvalue weighted by Crippen LogP contribution is -2.47. The van der Waals surface area contributed by atoms with Gasteiger partial charge in [0.1, 0.15) is 11.6 Å². The molecule has 5 rings (SSSR count). The van der Waals surface area contributed by atoms with Crippen LogP contribution in [0.4, 0.5) is 5.82 Å². The first-order valence-electron chi connectivity index (χ1n) is 12.0. The first-order chi connectivity index (χ1) is 15.0. The molecule has 168 valence electrons. The molecule has 2 saturated carbocycles. The second-order valence-electron chi connectivity index (χ2n) is 10.4. The molecule has 6 nitrogen and oxygen atoms in total. The molecule has 1 aliphatic heterocycles. The maximum absolute atomic E-state index is 4.98. The van der Waals surface area contributed by atoms with Crippen LogP contribution in [0.2, 0.25) is 0 Å². The van der Waals surface area contributed by atoms with E-state index in [9.17, 15) is 0 Å². The number of nitrogens with zero attached hydrogens (tertiary/aromatic N) is 6. The van der Waals surface area contributed by atoms with Crippen LogP contribution in [0.25, 0.3) is 0 Å². The molecule has 0 aromatic carbocycles. The molecule has 3 heterocycles. The van der Waals surface area contributed by atoms with Crippen molar-refractivity contribution in [1.29, 1.82) is 0 Å². The molecule has 2 aliphatic carbocycles. The molecule has 2 aromatic heterocycles. The molecular formula is C24H36N6S. The van der Waals surface area contributed by atoms with Gasteiger partial charge in [0, 0.05) is 55.0 Å². The van der Waals surface area contributed by atoms with E-state index in [0.717, 1.165) is 37.8 Å². The van der Waals surface area contributed by atoms with E-state index in [1.807, 2.05) is 18.0 Å². The van der Waals surface area contributed by atoms with E-state index in [-0.39, 0.29) is 5.41 Å². The molecule has 1 saturated heterocycles. The van der Waals surface area contributed by atoms with Gasteiger partial charge in [-0.1, -0.05) is 20.8 Å². The molecule has 0 spiro atoms. The Morgan fingerprint density at radius 2 is 1.81 bits per heavy atom. The first kappa shape index (κ1) is 21.3. The van der Waals surface area contributed by atoms with Crippen molar-refractivity contribution in [1.82, 2.24) is 24.6 Å². The Kier molecular flexibility index (Phi) is 5.99. The second-order valence-corrected chi connectivity index (χ2v) is 11.5. The van der Waals surface area contributed by atoms with E-state index in [2.05, 4.69) is 52.5 Å². The zero-order valence-corrected chi connectivity index (χ0v) is 20.1. The summed E-state index contributed by atoms with van der Waals surface area (Å²) in [4.78, 5) is 15.0. The van der Waals surface area contributed by atoms with E-state index in [4.69, 9.17) is 9.97 Å². The molecule has 0 atom stereocenters. The standard InChI is InChI=1S/C24H36N6S/c1-24(2,3)23-26-20(18-5-6-18)17-21(27-23)29-14-12-28(13-15-29)11-4-16-31-22-9-10-25-30(22)19-7-8-19/h9-10,17-19H,4-8,11-16H2,1-3H3. The lowest BCUT2D eigenvalue weighted by Gasteiger charge is -2.36. The summed E-state index contributed by atoms with van der Waals surface area (Å²) in [7, 11) is 0. The summed E-state index contributed by atoms with van der Waals surface area (Å²) in [5, 5.41) is 5.84. The lowest BCUT2D eigenvalue weighted by molar-refractivity contribution is 0.258. The van der Waals surface area contributed by atoms with Crippen LogP contribution in [-0.2, 0) is 5.41 Å². The second kappa shape index (κ2) is 8.74. The Morgan fingerprint density at radius 1 is 1.03 bits per heavy atom. The number of anilines is 1. The Labute approximate surface area is 190 Å². The van der Waals surface area contributed by atoms with Gasteiger partial charge in [-0.2, -0.15) is 5.10 Å². The Hall–Kier alpha value is -1.60. The van der Waals surface area contributed by atoms with Gasteiger partial charge in [-0.15, -0.1) is 11.8 Å². The van der Waals surface area contributed by atoms with Crippen LogP contribution in [0.3, 0.4) is 0 Å². The number of rotatable bonds is 8. The highest BCUT2D eigenvalue weighted by Crippen LogP contribution is 2.40. The van der Waals surface area contributed by atoms with Crippen LogP contribution in [0.1, 0.15) is 76.4 Å². The van der Waals surface area contributed by atoms with E-state index in [0.29, 0.717) is 12.0 Å². The minimum Gasteiger partial charge on any atom is -0.354 e. The predicted octanol–water partition coefficient (Wildman–Crippen LogP) is 4.49. The average Bonchev–Trinajstić information content (AvgIpc) is 3.69. The third-order valence-corrected chi connectivity index (χ3v) is 7.60. The van der Waals surface area contributed by atoms with Crippen molar-refractivity contribution in [3.8, 4) is 0 Å². The van der Waals surface area contributed by atoms with Crippen molar-refractivity contribution in [2.24, 2.45) is 0 Å². The summed E-state index contributed by atoms with van der Waals surface area (Å²) in [5.41, 5.74) is 1.26. The molecule has 0 radical (unpaired) electrons. The highest BCUT2D eigenvalue weighted by molar-refractivity contribution is 7.99. The highest BCUT2D eigenvalue weighted by Gasteiger charge is 2.30. The maximum Gasteiger partial charge on any atom is 0.136 e. The molecular weight excluding hydrogens is 404 g/mol. The molecule has 7 heteroatoms. The fourth-order valence-corrected chi connectivity index (χ4v) is 5.18. The summed E-state index contributed by atoms with van der Waals surface area (Å²) in [6, 6.07) is 5.11. The molecule has 31 heavy (non-hydrogen) atoms. The van der Waals surface area contributed by atoms with Gasteiger partial charge in [0.05, 0.1) is 17.3 Å². The van der Waals surface area contributed by atoms with Crippen LogP contribution in [0.5, 0.6) is 0 Å². The quantitative estimate of drug-likeness (QED) is 0.445. The van der Waals surface area contributed by atoms with Gasteiger partial charge < -0.3 is 4.90 Å². The van der Waals surface area contributed by atoms with E-state index < -0.39 is 0 Å². The van der Waals surface area contributed by atoms with Crippen LogP contribution in [0.15, 0.2) is 23.4 Å². The van der Waals surface area contributed by atoms with E-state index in [1.165, 1.54) is 55.1 Å². The minimum absolute atomic E-state index is 0.00593. The van der Waals surface area contributed by atoms with Crippen molar-refractivity contribution in [3.63, 3.8) is 0 Å². The third kappa shape index (κ3) is 5.25. The summed E-state index contributed by atoms with van der Waals surface area (Å²) >= 11 is 1.97. The van der Waals surface area contributed by atoms with Gasteiger partial charge >= 0.3 is 0 Å². The smallest absolute Gasteiger partial charge is 0.136 e. The molecule has 2 aromatic rings. The van der Waals surface area contributed by atoms with Crippen molar-refractivity contribution in [2.45, 2.75) is 75.3 Å². The normalized spacial score (nSPS) is 20.4. The zero-order valence-electron chi connectivity index (χ0n) is 19.3. The van der Waals surface area contributed by atoms with Gasteiger partial charge in [-0.25, -0.2) is 9.97 Å². The lowest BCUT2D eigenvalue weighted by atomic mass is 9.95.